The van der Waals surface area contributed by atoms with Crippen molar-refractivity contribution in [2.75, 3.05) is 0 Å². The molecule has 2 saturated carbocycles. The molecule has 2 unspecified atom stereocenters. The fourth-order valence-electron chi connectivity index (χ4n) is 3.81. The number of hydrogen-bond acceptors (Lipinski definition) is 2. The summed E-state index contributed by atoms with van der Waals surface area (Å²) in [6.07, 6.45) is 5.40. The summed E-state index contributed by atoms with van der Waals surface area (Å²) in [7, 11) is 0. The minimum absolute atomic E-state index is 0.0263. The Balaban J connectivity index is 1.83. The van der Waals surface area contributed by atoms with Crippen LogP contribution >= 0.6 is 11.6 Å². The SMILES string of the molecule is Cc1cc(Cl)cc(C)c1OC1CC(O)C12CCCC2. The third kappa shape index (κ3) is 2.05. The molecule has 1 spiro atoms. The molecule has 1 aromatic rings. The topological polar surface area (TPSA) is 29.5 Å². The van der Waals surface area contributed by atoms with Crippen LogP contribution in [0.15, 0.2) is 12.1 Å². The summed E-state index contributed by atoms with van der Waals surface area (Å²) >= 11 is 6.05. The van der Waals surface area contributed by atoms with E-state index in [2.05, 4.69) is 0 Å². The predicted octanol–water partition coefficient (Wildman–Crippen LogP) is 4.03. The van der Waals surface area contributed by atoms with Crippen LogP contribution in [0.25, 0.3) is 0 Å². The standard InChI is InChI=1S/C16H21ClO2/c1-10-7-12(17)8-11(2)15(10)19-14-9-13(18)16(14)5-3-4-6-16/h7-8,13-14,18H,3-6,9H2,1-2H3. The van der Waals surface area contributed by atoms with Gasteiger partial charge in [-0.2, -0.15) is 0 Å². The zero-order valence-electron chi connectivity index (χ0n) is 11.6. The lowest BCUT2D eigenvalue weighted by Gasteiger charge is -2.51. The molecule has 0 radical (unpaired) electrons. The Labute approximate surface area is 119 Å². The van der Waals surface area contributed by atoms with Crippen LogP contribution in [0.1, 0.15) is 43.2 Å². The van der Waals surface area contributed by atoms with E-state index in [0.29, 0.717) is 0 Å². The van der Waals surface area contributed by atoms with Crippen LogP contribution in [-0.4, -0.2) is 17.3 Å². The number of halogens is 1. The van der Waals surface area contributed by atoms with E-state index in [1.54, 1.807) is 0 Å². The quantitative estimate of drug-likeness (QED) is 0.886. The van der Waals surface area contributed by atoms with Crippen molar-refractivity contribution in [1.29, 1.82) is 0 Å². The molecule has 2 nitrogen and oxygen atoms in total. The summed E-state index contributed by atoms with van der Waals surface area (Å²) in [5, 5.41) is 10.9. The van der Waals surface area contributed by atoms with Gasteiger partial charge < -0.3 is 9.84 Å². The molecular weight excluding hydrogens is 260 g/mol. The lowest BCUT2D eigenvalue weighted by Crippen LogP contribution is -2.58. The van der Waals surface area contributed by atoms with Crippen LogP contribution in [0.3, 0.4) is 0 Å². The van der Waals surface area contributed by atoms with Crippen molar-refractivity contribution in [3.05, 3.63) is 28.3 Å². The fraction of sp³-hybridized carbons (Fsp3) is 0.625. The molecule has 0 bridgehead atoms. The smallest absolute Gasteiger partial charge is 0.125 e. The van der Waals surface area contributed by atoms with E-state index in [1.165, 1.54) is 12.8 Å². The third-order valence-electron chi connectivity index (χ3n) is 4.96. The van der Waals surface area contributed by atoms with Gasteiger partial charge >= 0.3 is 0 Å². The number of hydrogen-bond donors (Lipinski definition) is 1. The average Bonchev–Trinajstić information content (AvgIpc) is 2.84. The first kappa shape index (κ1) is 13.3. The molecule has 2 fully saturated rings. The Hall–Kier alpha value is -0.730. The lowest BCUT2D eigenvalue weighted by molar-refractivity contribution is -0.152. The fourth-order valence-corrected chi connectivity index (χ4v) is 4.13. The van der Waals surface area contributed by atoms with E-state index in [9.17, 15) is 5.11 Å². The van der Waals surface area contributed by atoms with Gasteiger partial charge in [-0.3, -0.25) is 0 Å². The van der Waals surface area contributed by atoms with Crippen molar-refractivity contribution < 1.29 is 9.84 Å². The molecule has 3 heteroatoms. The minimum Gasteiger partial charge on any atom is -0.489 e. The summed E-state index contributed by atoms with van der Waals surface area (Å²) in [5.41, 5.74) is 2.19. The van der Waals surface area contributed by atoms with Gasteiger partial charge in [-0.15, -0.1) is 0 Å². The van der Waals surface area contributed by atoms with E-state index in [0.717, 1.165) is 41.2 Å². The summed E-state index contributed by atoms with van der Waals surface area (Å²) in [4.78, 5) is 0. The molecule has 3 rings (SSSR count). The van der Waals surface area contributed by atoms with E-state index in [4.69, 9.17) is 16.3 Å². The highest BCUT2D eigenvalue weighted by Gasteiger charge is 2.57. The molecular formula is C16H21ClO2. The summed E-state index contributed by atoms with van der Waals surface area (Å²) < 4.78 is 6.26. The molecule has 0 heterocycles. The largest absolute Gasteiger partial charge is 0.489 e. The van der Waals surface area contributed by atoms with Crippen molar-refractivity contribution in [2.24, 2.45) is 5.41 Å². The number of aliphatic hydroxyl groups excluding tert-OH is 1. The maximum Gasteiger partial charge on any atom is 0.125 e. The number of ether oxygens (including phenoxy) is 1. The van der Waals surface area contributed by atoms with Crippen LogP contribution < -0.4 is 4.74 Å². The van der Waals surface area contributed by atoms with E-state index in [-0.39, 0.29) is 17.6 Å². The van der Waals surface area contributed by atoms with Gasteiger partial charge in [0.25, 0.3) is 0 Å². The third-order valence-corrected chi connectivity index (χ3v) is 5.18. The maximum absolute atomic E-state index is 10.1. The molecule has 2 aliphatic rings. The normalized spacial score (nSPS) is 28.4. The van der Waals surface area contributed by atoms with E-state index >= 15 is 0 Å². The van der Waals surface area contributed by atoms with E-state index in [1.807, 2.05) is 26.0 Å². The second-order valence-corrected chi connectivity index (χ2v) is 6.60. The molecule has 0 saturated heterocycles. The van der Waals surface area contributed by atoms with Crippen molar-refractivity contribution in [3.8, 4) is 5.75 Å². The predicted molar refractivity (Wildman–Crippen MR) is 76.9 cm³/mol. The molecule has 1 aromatic carbocycles. The number of aryl methyl sites for hydroxylation is 2. The summed E-state index contributed by atoms with van der Waals surface area (Å²) in [6.45, 7) is 4.06. The van der Waals surface area contributed by atoms with Gasteiger partial charge in [0.15, 0.2) is 0 Å². The van der Waals surface area contributed by atoms with Gasteiger partial charge in [0.05, 0.1) is 6.10 Å². The highest BCUT2D eigenvalue weighted by atomic mass is 35.5. The second-order valence-electron chi connectivity index (χ2n) is 6.17. The molecule has 2 atom stereocenters. The molecule has 2 aliphatic carbocycles. The van der Waals surface area contributed by atoms with Gasteiger partial charge in [-0.1, -0.05) is 24.4 Å². The zero-order valence-corrected chi connectivity index (χ0v) is 12.3. The first-order valence-electron chi connectivity index (χ1n) is 7.14. The van der Waals surface area contributed by atoms with E-state index < -0.39 is 0 Å². The first-order valence-corrected chi connectivity index (χ1v) is 7.52. The van der Waals surface area contributed by atoms with Crippen LogP contribution in [-0.2, 0) is 0 Å². The summed E-state index contributed by atoms with van der Waals surface area (Å²) in [6, 6.07) is 3.89. The number of rotatable bonds is 2. The highest BCUT2D eigenvalue weighted by molar-refractivity contribution is 6.30. The highest BCUT2D eigenvalue weighted by Crippen LogP contribution is 2.55. The van der Waals surface area contributed by atoms with Crippen molar-refractivity contribution >= 4 is 11.6 Å². The maximum atomic E-state index is 10.1. The molecule has 0 aliphatic heterocycles. The Morgan fingerprint density at radius 3 is 2.32 bits per heavy atom. The Morgan fingerprint density at radius 1 is 1.21 bits per heavy atom. The minimum atomic E-state index is -0.173. The number of benzene rings is 1. The molecule has 0 amide bonds. The van der Waals surface area contributed by atoms with Crippen molar-refractivity contribution in [3.63, 3.8) is 0 Å². The van der Waals surface area contributed by atoms with Crippen LogP contribution in [0.4, 0.5) is 0 Å². The monoisotopic (exact) mass is 280 g/mol. The zero-order chi connectivity index (χ0) is 13.6. The van der Waals surface area contributed by atoms with Crippen LogP contribution in [0.5, 0.6) is 5.75 Å². The number of aliphatic hydroxyl groups is 1. The Bertz CT molecular complexity index is 469. The molecule has 19 heavy (non-hydrogen) atoms. The Morgan fingerprint density at radius 2 is 1.79 bits per heavy atom. The van der Waals surface area contributed by atoms with Crippen LogP contribution in [0, 0.1) is 19.3 Å². The Kier molecular flexibility index (Phi) is 3.26. The first-order chi connectivity index (χ1) is 9.03. The molecule has 104 valence electrons. The average molecular weight is 281 g/mol. The van der Waals surface area contributed by atoms with Gasteiger partial charge in [0, 0.05) is 16.9 Å². The van der Waals surface area contributed by atoms with Gasteiger partial charge in [-0.05, 0) is 49.9 Å². The van der Waals surface area contributed by atoms with Gasteiger partial charge in [-0.25, -0.2) is 0 Å². The lowest BCUT2D eigenvalue weighted by atomic mass is 9.62. The van der Waals surface area contributed by atoms with Gasteiger partial charge in [0.2, 0.25) is 0 Å². The second kappa shape index (κ2) is 4.68. The molecule has 0 aromatic heterocycles. The molecule has 1 N–H and O–H groups in total. The van der Waals surface area contributed by atoms with Crippen LogP contribution in [0.2, 0.25) is 5.02 Å². The van der Waals surface area contributed by atoms with Crippen molar-refractivity contribution in [1.82, 2.24) is 0 Å². The van der Waals surface area contributed by atoms with Crippen molar-refractivity contribution in [2.45, 2.75) is 58.2 Å². The van der Waals surface area contributed by atoms with Gasteiger partial charge in [0.1, 0.15) is 11.9 Å². The summed E-state index contributed by atoms with van der Waals surface area (Å²) in [5.74, 6) is 0.951.